The first-order chi connectivity index (χ1) is 28.1. The smallest absolute Gasteiger partial charge is 0.362 e. The zero-order valence-corrected chi connectivity index (χ0v) is 36.9. The van der Waals surface area contributed by atoms with E-state index in [0.29, 0.717) is 19.3 Å². The van der Waals surface area contributed by atoms with Crippen LogP contribution in [0.5, 0.6) is 0 Å². The molecule has 0 fully saturated rings. The van der Waals surface area contributed by atoms with Crippen LogP contribution in [0.15, 0.2) is 109 Å². The lowest BCUT2D eigenvalue weighted by Crippen LogP contribution is -2.50. The number of esters is 2. The lowest BCUT2D eigenvalue weighted by atomic mass is 10.1. The topological polar surface area (TPSA) is 99.1 Å². The van der Waals surface area contributed by atoms with Crippen molar-refractivity contribution in [2.45, 2.75) is 148 Å². The number of aliphatic carboxylic acids is 1. The van der Waals surface area contributed by atoms with Crippen molar-refractivity contribution in [1.29, 1.82) is 0 Å². The zero-order valence-electron chi connectivity index (χ0n) is 36.9. The number of allylic oxidation sites excluding steroid dienone is 18. The lowest BCUT2D eigenvalue weighted by molar-refractivity contribution is -0.887. The maximum Gasteiger partial charge on any atom is 0.362 e. The van der Waals surface area contributed by atoms with Gasteiger partial charge in [-0.15, -0.1) is 0 Å². The Balaban J connectivity index is 4.47. The number of carbonyl (C=O) groups is 3. The molecule has 0 aliphatic rings. The van der Waals surface area contributed by atoms with Crippen LogP contribution in [0, 0.1) is 0 Å². The van der Waals surface area contributed by atoms with Gasteiger partial charge in [-0.1, -0.05) is 155 Å². The van der Waals surface area contributed by atoms with Crippen molar-refractivity contribution in [3.63, 3.8) is 0 Å². The largest absolute Gasteiger partial charge is 0.477 e. The number of carboxylic acids is 1. The number of quaternary nitrogens is 1. The Kier molecular flexibility index (Phi) is 37.0. The minimum atomic E-state index is -0.890. The Morgan fingerprint density at radius 1 is 0.534 bits per heavy atom. The van der Waals surface area contributed by atoms with Crippen LogP contribution in [0.1, 0.15) is 136 Å². The first kappa shape index (κ1) is 54.0. The van der Waals surface area contributed by atoms with Crippen LogP contribution < -0.4 is 0 Å². The van der Waals surface area contributed by atoms with Crippen molar-refractivity contribution >= 4 is 17.9 Å². The van der Waals surface area contributed by atoms with E-state index in [2.05, 4.69) is 74.6 Å². The van der Waals surface area contributed by atoms with E-state index in [9.17, 15) is 19.5 Å². The van der Waals surface area contributed by atoms with E-state index in [1.807, 2.05) is 69.8 Å². The van der Waals surface area contributed by atoms with Gasteiger partial charge in [0.05, 0.1) is 34.4 Å². The summed E-state index contributed by atoms with van der Waals surface area (Å²) in [5.41, 5.74) is 0. The van der Waals surface area contributed by atoms with Crippen molar-refractivity contribution in [1.82, 2.24) is 0 Å². The fourth-order valence-corrected chi connectivity index (χ4v) is 5.69. The third-order valence-corrected chi connectivity index (χ3v) is 9.05. The molecule has 0 aromatic rings. The van der Waals surface area contributed by atoms with Crippen LogP contribution in [0.4, 0.5) is 0 Å². The SMILES string of the molecule is CC/C=C/C=C/C=C/C=C/C=C/CCCCCC(=O)OCC(COCCC(C(=O)O)[N+](C)(C)C)OC(=O)CCCCCCCC/C=C/C/C=C/C/C=C/C/C=C/CC. The van der Waals surface area contributed by atoms with E-state index in [1.165, 1.54) is 12.8 Å². The first-order valence-electron chi connectivity index (χ1n) is 22.0. The van der Waals surface area contributed by atoms with Gasteiger partial charge < -0.3 is 23.8 Å². The standard InChI is InChI=1S/C50H79NO7/c1-6-8-10-12-14-16-18-20-22-23-24-25-27-29-31-33-35-37-39-41-49(53)58-46(44-56-43-42-47(50(54)55)51(3,4)5)45-57-48(52)40-38-36-34-32-30-28-26-21-19-17-15-13-11-9-7-2/h8-11,13-17,19-22,24-26,28,30,46-47H,6-7,12,18,23,27,29,31-45H2,1-5H3/p+1/b10-8+,11-9+,15-13+,16-14+,19-17+,22-20+,25-24+,26-21+,30-28+. The molecule has 0 radical (unpaired) electrons. The summed E-state index contributed by atoms with van der Waals surface area (Å²) in [6.07, 6.45) is 54.2. The molecule has 2 unspecified atom stereocenters. The van der Waals surface area contributed by atoms with Crippen molar-refractivity contribution in [2.24, 2.45) is 0 Å². The van der Waals surface area contributed by atoms with E-state index < -0.39 is 18.1 Å². The summed E-state index contributed by atoms with van der Waals surface area (Å²) in [5, 5.41) is 9.62. The van der Waals surface area contributed by atoms with Gasteiger partial charge >= 0.3 is 17.9 Å². The molecule has 0 heterocycles. The average Bonchev–Trinajstić information content (AvgIpc) is 3.18. The molecule has 0 saturated carbocycles. The number of nitrogens with zero attached hydrogens (tertiary/aromatic N) is 1. The van der Waals surface area contributed by atoms with Crippen LogP contribution >= 0.6 is 0 Å². The summed E-state index contributed by atoms with van der Waals surface area (Å²) >= 11 is 0. The number of rotatable bonds is 37. The van der Waals surface area contributed by atoms with E-state index in [-0.39, 0.29) is 36.2 Å². The molecule has 8 nitrogen and oxygen atoms in total. The zero-order chi connectivity index (χ0) is 42.8. The fourth-order valence-electron chi connectivity index (χ4n) is 5.69. The minimum Gasteiger partial charge on any atom is -0.477 e. The van der Waals surface area contributed by atoms with Crippen LogP contribution in [0.3, 0.4) is 0 Å². The van der Waals surface area contributed by atoms with E-state index in [0.717, 1.165) is 89.9 Å². The lowest BCUT2D eigenvalue weighted by Gasteiger charge is -2.31. The molecule has 0 amide bonds. The molecule has 0 aromatic carbocycles. The normalized spacial score (nSPS) is 14.0. The molecule has 58 heavy (non-hydrogen) atoms. The maximum absolute atomic E-state index is 12.7. The number of hydrogen-bond donors (Lipinski definition) is 1. The number of carbonyl (C=O) groups excluding carboxylic acids is 2. The Morgan fingerprint density at radius 2 is 1.00 bits per heavy atom. The average molecular weight is 807 g/mol. The van der Waals surface area contributed by atoms with E-state index >= 15 is 0 Å². The molecule has 8 heteroatoms. The van der Waals surface area contributed by atoms with Crippen molar-refractivity contribution in [2.75, 3.05) is 41.0 Å². The van der Waals surface area contributed by atoms with Gasteiger partial charge in [0.1, 0.15) is 6.61 Å². The highest BCUT2D eigenvalue weighted by molar-refractivity contribution is 5.72. The summed E-state index contributed by atoms with van der Waals surface area (Å²) in [6, 6.07) is -0.631. The molecule has 0 aliphatic carbocycles. The van der Waals surface area contributed by atoms with Gasteiger partial charge in [-0.3, -0.25) is 9.59 Å². The Morgan fingerprint density at radius 3 is 1.57 bits per heavy atom. The van der Waals surface area contributed by atoms with E-state index in [4.69, 9.17) is 14.2 Å². The quantitative estimate of drug-likeness (QED) is 0.0219. The molecule has 0 bridgehead atoms. The predicted octanol–water partition coefficient (Wildman–Crippen LogP) is 12.1. The molecule has 0 saturated heterocycles. The Bertz CT molecular complexity index is 1310. The molecular weight excluding hydrogens is 727 g/mol. The molecule has 0 spiro atoms. The molecule has 0 aromatic heterocycles. The minimum absolute atomic E-state index is 0.0331. The summed E-state index contributed by atoms with van der Waals surface area (Å²) in [6.45, 7) is 4.39. The van der Waals surface area contributed by atoms with Gasteiger partial charge in [0.25, 0.3) is 0 Å². The van der Waals surface area contributed by atoms with Gasteiger partial charge in [-0.05, 0) is 70.6 Å². The molecular formula is C50H80NO7+. The van der Waals surface area contributed by atoms with Crippen molar-refractivity contribution in [3.05, 3.63) is 109 Å². The summed E-state index contributed by atoms with van der Waals surface area (Å²) in [7, 11) is 5.49. The number of hydrogen-bond acceptors (Lipinski definition) is 6. The number of unbranched alkanes of at least 4 members (excludes halogenated alkanes) is 9. The highest BCUT2D eigenvalue weighted by Gasteiger charge is 2.31. The predicted molar refractivity (Wildman–Crippen MR) is 242 cm³/mol. The second kappa shape index (κ2) is 39.8. The Labute approximate surface area is 353 Å². The van der Waals surface area contributed by atoms with Crippen LogP contribution in [-0.2, 0) is 28.6 Å². The van der Waals surface area contributed by atoms with Crippen molar-refractivity contribution in [3.8, 4) is 0 Å². The molecule has 2 atom stereocenters. The monoisotopic (exact) mass is 807 g/mol. The first-order valence-corrected chi connectivity index (χ1v) is 22.0. The number of ether oxygens (including phenoxy) is 3. The Hall–Kier alpha value is -4.01. The summed E-state index contributed by atoms with van der Waals surface area (Å²) in [4.78, 5) is 37.0. The number of carboxylic acid groups (broad SMARTS) is 1. The maximum atomic E-state index is 12.7. The van der Waals surface area contributed by atoms with Gasteiger partial charge in [0.15, 0.2) is 12.1 Å². The highest BCUT2D eigenvalue weighted by Crippen LogP contribution is 2.12. The van der Waals surface area contributed by atoms with Crippen LogP contribution in [0.2, 0.25) is 0 Å². The fraction of sp³-hybridized carbons (Fsp3) is 0.580. The third kappa shape index (κ3) is 37.6. The van der Waals surface area contributed by atoms with Gasteiger partial charge in [-0.2, -0.15) is 0 Å². The van der Waals surface area contributed by atoms with Gasteiger partial charge in [0.2, 0.25) is 0 Å². The number of likely N-dealkylation sites (N-methyl/N-ethyl adjacent to an activating group) is 1. The van der Waals surface area contributed by atoms with Crippen molar-refractivity contribution < 1.29 is 38.2 Å². The molecule has 1 N–H and O–H groups in total. The second-order valence-corrected chi connectivity index (χ2v) is 15.3. The summed E-state index contributed by atoms with van der Waals surface area (Å²) < 4.78 is 17.2. The molecule has 0 aliphatic heterocycles. The second-order valence-electron chi connectivity index (χ2n) is 15.3. The summed E-state index contributed by atoms with van der Waals surface area (Å²) in [5.74, 6) is -1.56. The van der Waals surface area contributed by atoms with Gasteiger partial charge in [-0.25, -0.2) is 4.79 Å². The molecule has 326 valence electrons. The van der Waals surface area contributed by atoms with E-state index in [1.54, 1.807) is 0 Å². The van der Waals surface area contributed by atoms with Gasteiger partial charge in [0, 0.05) is 19.3 Å². The third-order valence-electron chi connectivity index (χ3n) is 9.05. The molecule has 0 rings (SSSR count). The van der Waals surface area contributed by atoms with Crippen LogP contribution in [-0.4, -0.2) is 80.6 Å². The highest BCUT2D eigenvalue weighted by atomic mass is 16.6. The van der Waals surface area contributed by atoms with Crippen LogP contribution in [0.25, 0.3) is 0 Å².